The Hall–Kier alpha value is -4.13. The molecule has 7 heteroatoms. The predicted octanol–water partition coefficient (Wildman–Crippen LogP) is 4.11. The summed E-state index contributed by atoms with van der Waals surface area (Å²) in [6.07, 6.45) is 0. The number of carboxylic acid groups (broad SMARTS) is 1. The molecule has 0 aliphatic rings. The summed E-state index contributed by atoms with van der Waals surface area (Å²) in [5.41, 5.74) is 1.83. The maximum Gasteiger partial charge on any atom is 0.336 e. The monoisotopic (exact) mass is 402 g/mol. The number of hydrogen-bond acceptors (Lipinski definition) is 5. The molecule has 0 saturated carbocycles. The van der Waals surface area contributed by atoms with E-state index < -0.39 is 11.9 Å². The van der Waals surface area contributed by atoms with Gasteiger partial charge in [0, 0.05) is 5.56 Å². The topological polar surface area (TPSA) is 90.7 Å². The largest absolute Gasteiger partial charge is 0.493 e. The Labute approximate surface area is 172 Å². The molecule has 0 bridgehead atoms. The van der Waals surface area contributed by atoms with E-state index in [0.29, 0.717) is 33.9 Å². The van der Waals surface area contributed by atoms with Crippen LogP contribution in [-0.2, 0) is 0 Å². The zero-order valence-electron chi connectivity index (χ0n) is 16.3. The van der Waals surface area contributed by atoms with Gasteiger partial charge in [-0.1, -0.05) is 24.3 Å². The number of benzene rings is 3. The molecule has 1 aromatic heterocycles. The number of carbonyl (C=O) groups is 2. The van der Waals surface area contributed by atoms with E-state index in [4.69, 9.17) is 9.47 Å². The van der Waals surface area contributed by atoms with E-state index in [2.05, 4.69) is 4.98 Å². The maximum absolute atomic E-state index is 13.5. The van der Waals surface area contributed by atoms with Crippen LogP contribution in [0.3, 0.4) is 0 Å². The molecule has 0 radical (unpaired) electrons. The third-order valence-corrected chi connectivity index (χ3v) is 4.79. The molecule has 3 aromatic carbocycles. The van der Waals surface area contributed by atoms with Gasteiger partial charge in [-0.05, 0) is 42.5 Å². The minimum absolute atomic E-state index is 0.0708. The van der Waals surface area contributed by atoms with Crippen molar-refractivity contribution >= 4 is 22.9 Å². The lowest BCUT2D eigenvalue weighted by Crippen LogP contribution is -2.17. The highest BCUT2D eigenvalue weighted by molar-refractivity contribution is 6.09. The van der Waals surface area contributed by atoms with Crippen LogP contribution in [0.2, 0.25) is 0 Å². The second kappa shape index (κ2) is 7.71. The van der Waals surface area contributed by atoms with Gasteiger partial charge in [-0.25, -0.2) is 9.78 Å². The van der Waals surface area contributed by atoms with Crippen molar-refractivity contribution < 1.29 is 24.2 Å². The standard InChI is InChI=1S/C23H18N2O5/c1-29-19-12-11-14(13-20(19)30-2)21-24-17-9-5-6-10-18(17)25(21)22(26)15-7-3-4-8-16(15)23(27)28/h3-13H,1-2H3,(H,27,28). The molecule has 0 atom stereocenters. The van der Waals surface area contributed by atoms with Gasteiger partial charge in [0.25, 0.3) is 5.91 Å². The maximum atomic E-state index is 13.5. The number of methoxy groups -OCH3 is 2. The summed E-state index contributed by atoms with van der Waals surface area (Å²) < 4.78 is 12.1. The first-order chi connectivity index (χ1) is 14.5. The van der Waals surface area contributed by atoms with E-state index in [1.807, 2.05) is 6.07 Å². The molecule has 7 nitrogen and oxygen atoms in total. The summed E-state index contributed by atoms with van der Waals surface area (Å²) in [7, 11) is 3.07. The van der Waals surface area contributed by atoms with Gasteiger partial charge in [0.15, 0.2) is 11.5 Å². The van der Waals surface area contributed by atoms with Gasteiger partial charge in [-0.3, -0.25) is 9.36 Å². The van der Waals surface area contributed by atoms with Crippen LogP contribution >= 0.6 is 0 Å². The Balaban J connectivity index is 1.97. The average Bonchev–Trinajstić information content (AvgIpc) is 3.17. The van der Waals surface area contributed by atoms with Crippen molar-refractivity contribution in [2.24, 2.45) is 0 Å². The van der Waals surface area contributed by atoms with Crippen molar-refractivity contribution in [1.29, 1.82) is 0 Å². The lowest BCUT2D eigenvalue weighted by atomic mass is 10.1. The summed E-state index contributed by atoms with van der Waals surface area (Å²) in [4.78, 5) is 29.8. The van der Waals surface area contributed by atoms with Crippen LogP contribution in [0.4, 0.5) is 0 Å². The van der Waals surface area contributed by atoms with Crippen molar-refractivity contribution in [2.45, 2.75) is 0 Å². The number of rotatable bonds is 5. The molecule has 0 fully saturated rings. The van der Waals surface area contributed by atoms with Gasteiger partial charge in [-0.2, -0.15) is 0 Å². The van der Waals surface area contributed by atoms with Gasteiger partial charge in [0.1, 0.15) is 5.82 Å². The molecule has 30 heavy (non-hydrogen) atoms. The summed E-state index contributed by atoms with van der Waals surface area (Å²) >= 11 is 0. The van der Waals surface area contributed by atoms with Crippen molar-refractivity contribution in [3.8, 4) is 22.9 Å². The number of aromatic carboxylic acids is 1. The minimum Gasteiger partial charge on any atom is -0.493 e. The Kier molecular flexibility index (Phi) is 4.93. The number of ether oxygens (including phenoxy) is 2. The van der Waals surface area contributed by atoms with E-state index in [0.717, 1.165) is 0 Å². The molecule has 4 aromatic rings. The number of para-hydroxylation sites is 2. The van der Waals surface area contributed by atoms with Gasteiger partial charge in [-0.15, -0.1) is 0 Å². The number of carboxylic acids is 1. The van der Waals surface area contributed by atoms with Gasteiger partial charge in [0.05, 0.1) is 36.4 Å². The number of fused-ring (bicyclic) bond motifs is 1. The lowest BCUT2D eigenvalue weighted by Gasteiger charge is -2.12. The van der Waals surface area contributed by atoms with E-state index >= 15 is 0 Å². The summed E-state index contributed by atoms with van der Waals surface area (Å²) in [6, 6.07) is 18.6. The fourth-order valence-electron chi connectivity index (χ4n) is 3.38. The quantitative estimate of drug-likeness (QED) is 0.540. The highest BCUT2D eigenvalue weighted by Gasteiger charge is 2.24. The highest BCUT2D eigenvalue weighted by Crippen LogP contribution is 2.34. The van der Waals surface area contributed by atoms with Crippen molar-refractivity contribution in [3.05, 3.63) is 77.9 Å². The summed E-state index contributed by atoms with van der Waals surface area (Å²) in [5, 5.41) is 9.53. The number of aromatic nitrogens is 2. The van der Waals surface area contributed by atoms with E-state index in [-0.39, 0.29) is 11.1 Å². The molecular formula is C23H18N2O5. The number of nitrogens with zero attached hydrogens (tertiary/aromatic N) is 2. The number of hydrogen-bond donors (Lipinski definition) is 1. The van der Waals surface area contributed by atoms with E-state index in [9.17, 15) is 14.7 Å². The SMILES string of the molecule is COc1ccc(-c2nc3ccccc3n2C(=O)c2ccccc2C(=O)O)cc1OC. The van der Waals surface area contributed by atoms with Crippen molar-refractivity contribution in [2.75, 3.05) is 14.2 Å². The number of imidazole rings is 1. The zero-order chi connectivity index (χ0) is 21.3. The second-order valence-electron chi connectivity index (χ2n) is 6.49. The minimum atomic E-state index is -1.17. The Morgan fingerprint density at radius 3 is 2.23 bits per heavy atom. The summed E-state index contributed by atoms with van der Waals surface area (Å²) in [5.74, 6) is -0.233. The van der Waals surface area contributed by atoms with Gasteiger partial charge < -0.3 is 14.6 Å². The van der Waals surface area contributed by atoms with Crippen LogP contribution in [-0.4, -0.2) is 40.8 Å². The molecule has 0 unspecified atom stereocenters. The predicted molar refractivity (Wildman–Crippen MR) is 111 cm³/mol. The molecule has 1 N–H and O–H groups in total. The fraction of sp³-hybridized carbons (Fsp3) is 0.0870. The zero-order valence-corrected chi connectivity index (χ0v) is 16.3. The van der Waals surface area contributed by atoms with Crippen molar-refractivity contribution in [3.63, 3.8) is 0 Å². The van der Waals surface area contributed by atoms with Crippen LogP contribution in [0, 0.1) is 0 Å². The molecule has 0 aliphatic carbocycles. The molecule has 0 saturated heterocycles. The van der Waals surface area contributed by atoms with E-state index in [1.54, 1.807) is 55.6 Å². The second-order valence-corrected chi connectivity index (χ2v) is 6.49. The fourth-order valence-corrected chi connectivity index (χ4v) is 3.38. The van der Waals surface area contributed by atoms with Crippen LogP contribution < -0.4 is 9.47 Å². The van der Waals surface area contributed by atoms with Crippen LogP contribution in [0.15, 0.2) is 66.7 Å². The average molecular weight is 402 g/mol. The van der Waals surface area contributed by atoms with Gasteiger partial charge in [0.2, 0.25) is 0 Å². The Bertz CT molecular complexity index is 1280. The molecule has 4 rings (SSSR count). The normalized spacial score (nSPS) is 10.7. The first-order valence-corrected chi connectivity index (χ1v) is 9.12. The van der Waals surface area contributed by atoms with Crippen LogP contribution in [0.5, 0.6) is 11.5 Å². The molecule has 1 heterocycles. The molecule has 0 spiro atoms. The number of carbonyl (C=O) groups excluding carboxylic acids is 1. The third kappa shape index (κ3) is 3.16. The third-order valence-electron chi connectivity index (χ3n) is 4.79. The Morgan fingerprint density at radius 1 is 0.867 bits per heavy atom. The highest BCUT2D eigenvalue weighted by atomic mass is 16.5. The first-order valence-electron chi connectivity index (χ1n) is 9.12. The Morgan fingerprint density at radius 2 is 1.53 bits per heavy atom. The molecule has 0 amide bonds. The summed E-state index contributed by atoms with van der Waals surface area (Å²) in [6.45, 7) is 0. The molecule has 0 aliphatic heterocycles. The van der Waals surface area contributed by atoms with Crippen LogP contribution in [0.1, 0.15) is 20.7 Å². The first kappa shape index (κ1) is 19.2. The smallest absolute Gasteiger partial charge is 0.336 e. The van der Waals surface area contributed by atoms with Gasteiger partial charge >= 0.3 is 5.97 Å². The van der Waals surface area contributed by atoms with Crippen molar-refractivity contribution in [1.82, 2.24) is 9.55 Å². The molecular weight excluding hydrogens is 384 g/mol. The van der Waals surface area contributed by atoms with Crippen LogP contribution in [0.25, 0.3) is 22.4 Å². The lowest BCUT2D eigenvalue weighted by molar-refractivity contribution is 0.0691. The molecule has 150 valence electrons. The van der Waals surface area contributed by atoms with E-state index in [1.165, 1.54) is 23.8 Å².